The summed E-state index contributed by atoms with van der Waals surface area (Å²) in [4.78, 5) is 2.21. The number of rotatable bonds is 7. The normalized spacial score (nSPS) is 11.1. The van der Waals surface area contributed by atoms with E-state index >= 15 is 0 Å². The van der Waals surface area contributed by atoms with Crippen LogP contribution in [0.4, 0.5) is 5.82 Å². The summed E-state index contributed by atoms with van der Waals surface area (Å²) in [5, 5.41) is 4.13. The van der Waals surface area contributed by atoms with Gasteiger partial charge in [-0.2, -0.15) is 16.9 Å². The van der Waals surface area contributed by atoms with Crippen LogP contribution in [0.25, 0.3) is 0 Å². The van der Waals surface area contributed by atoms with Gasteiger partial charge >= 0.3 is 0 Å². The van der Waals surface area contributed by atoms with Crippen LogP contribution in [0.3, 0.4) is 0 Å². The Kier molecular flexibility index (Phi) is 5.57. The second-order valence-corrected chi connectivity index (χ2v) is 5.00. The molecule has 15 heavy (non-hydrogen) atoms. The number of thioether (sulfide) groups is 1. The smallest absolute Gasteiger partial charge is 0.145 e. The number of nitrogens with zero attached hydrogens (tertiary/aromatic N) is 3. The van der Waals surface area contributed by atoms with Crippen molar-refractivity contribution in [2.45, 2.75) is 13.0 Å². The van der Waals surface area contributed by atoms with Crippen LogP contribution in [0.5, 0.6) is 0 Å². The van der Waals surface area contributed by atoms with Gasteiger partial charge < -0.3 is 10.6 Å². The van der Waals surface area contributed by atoms with E-state index in [1.165, 1.54) is 11.5 Å². The van der Waals surface area contributed by atoms with Crippen molar-refractivity contribution in [1.82, 2.24) is 14.7 Å². The average molecular weight is 228 g/mol. The number of hydrogen-bond acceptors (Lipinski definition) is 4. The Morgan fingerprint density at radius 1 is 1.47 bits per heavy atom. The van der Waals surface area contributed by atoms with E-state index in [4.69, 9.17) is 5.73 Å². The lowest BCUT2D eigenvalue weighted by atomic mass is 10.5. The Balaban J connectivity index is 1.98. The maximum Gasteiger partial charge on any atom is 0.145 e. The molecule has 0 atom stereocenters. The number of hydrogen-bond donors (Lipinski definition) is 1. The topological polar surface area (TPSA) is 47.1 Å². The Hall–Kier alpha value is -0.680. The highest BCUT2D eigenvalue weighted by molar-refractivity contribution is 7.99. The van der Waals surface area contributed by atoms with E-state index < -0.39 is 0 Å². The van der Waals surface area contributed by atoms with Gasteiger partial charge in [-0.3, -0.25) is 4.68 Å². The zero-order valence-corrected chi connectivity index (χ0v) is 10.3. The highest BCUT2D eigenvalue weighted by Crippen LogP contribution is 2.04. The molecule has 1 aromatic heterocycles. The summed E-state index contributed by atoms with van der Waals surface area (Å²) in [6.07, 6.45) is 3.08. The third-order valence-electron chi connectivity index (χ3n) is 2.02. The molecule has 4 nitrogen and oxygen atoms in total. The van der Waals surface area contributed by atoms with Crippen LogP contribution in [0.15, 0.2) is 12.3 Å². The molecule has 0 fully saturated rings. The van der Waals surface area contributed by atoms with Gasteiger partial charge in [0.15, 0.2) is 0 Å². The van der Waals surface area contributed by atoms with Crippen molar-refractivity contribution < 1.29 is 0 Å². The van der Waals surface area contributed by atoms with Gasteiger partial charge in [0.1, 0.15) is 5.82 Å². The van der Waals surface area contributed by atoms with Crippen molar-refractivity contribution in [3.8, 4) is 0 Å². The van der Waals surface area contributed by atoms with E-state index in [1.807, 2.05) is 28.7 Å². The molecule has 5 heteroatoms. The van der Waals surface area contributed by atoms with Crippen molar-refractivity contribution in [2.24, 2.45) is 0 Å². The van der Waals surface area contributed by atoms with Gasteiger partial charge in [-0.15, -0.1) is 0 Å². The largest absolute Gasteiger partial charge is 0.382 e. The summed E-state index contributed by atoms with van der Waals surface area (Å²) in [5.41, 5.74) is 5.52. The molecule has 86 valence electrons. The van der Waals surface area contributed by atoms with Crippen molar-refractivity contribution in [1.29, 1.82) is 0 Å². The van der Waals surface area contributed by atoms with Crippen LogP contribution >= 0.6 is 11.8 Å². The minimum Gasteiger partial charge on any atom is -0.382 e. The van der Waals surface area contributed by atoms with Crippen LogP contribution in [0.2, 0.25) is 0 Å². The SMILES string of the molecule is CN(C)CCSCCCn1ccc(N)n1. The summed E-state index contributed by atoms with van der Waals surface area (Å²) in [7, 11) is 4.21. The standard InChI is InChI=1S/C10H20N4S/c1-13(2)7-9-15-8-3-5-14-6-4-10(11)12-14/h4,6H,3,5,7-9H2,1-2H3,(H2,11,12). The lowest BCUT2D eigenvalue weighted by Gasteiger charge is -2.08. The maximum atomic E-state index is 5.52. The molecule has 0 amide bonds. The van der Waals surface area contributed by atoms with Crippen LogP contribution < -0.4 is 5.73 Å². The monoisotopic (exact) mass is 228 g/mol. The highest BCUT2D eigenvalue weighted by Gasteiger charge is 1.95. The zero-order chi connectivity index (χ0) is 11.1. The van der Waals surface area contributed by atoms with Gasteiger partial charge in [-0.05, 0) is 32.3 Å². The van der Waals surface area contributed by atoms with Crippen molar-refractivity contribution in [3.63, 3.8) is 0 Å². The number of nitrogen functional groups attached to an aromatic ring is 1. The molecule has 0 aliphatic carbocycles. The van der Waals surface area contributed by atoms with Crippen molar-refractivity contribution >= 4 is 17.6 Å². The molecule has 0 radical (unpaired) electrons. The second kappa shape index (κ2) is 6.74. The summed E-state index contributed by atoms with van der Waals surface area (Å²) in [6.45, 7) is 2.12. The molecule has 1 aromatic rings. The summed E-state index contributed by atoms with van der Waals surface area (Å²) >= 11 is 1.99. The summed E-state index contributed by atoms with van der Waals surface area (Å²) in [6, 6.07) is 1.83. The molecule has 0 aliphatic heterocycles. The fourth-order valence-electron chi connectivity index (χ4n) is 1.18. The Morgan fingerprint density at radius 2 is 2.27 bits per heavy atom. The average Bonchev–Trinajstić information content (AvgIpc) is 2.57. The highest BCUT2D eigenvalue weighted by atomic mass is 32.2. The van der Waals surface area contributed by atoms with E-state index in [2.05, 4.69) is 24.1 Å². The van der Waals surface area contributed by atoms with Gasteiger partial charge in [-0.1, -0.05) is 0 Å². The minimum atomic E-state index is 0.607. The number of aryl methyl sites for hydroxylation is 1. The van der Waals surface area contributed by atoms with Crippen molar-refractivity contribution in [3.05, 3.63) is 12.3 Å². The first kappa shape index (κ1) is 12.4. The molecule has 1 heterocycles. The minimum absolute atomic E-state index is 0.607. The van der Waals surface area contributed by atoms with Gasteiger partial charge in [0.25, 0.3) is 0 Å². The summed E-state index contributed by atoms with van der Waals surface area (Å²) in [5.74, 6) is 3.00. The van der Waals surface area contributed by atoms with E-state index in [0.29, 0.717) is 5.82 Å². The molecule has 0 aromatic carbocycles. The predicted molar refractivity (Wildman–Crippen MR) is 67.1 cm³/mol. The first-order valence-corrected chi connectivity index (χ1v) is 6.35. The first-order valence-electron chi connectivity index (χ1n) is 5.20. The maximum absolute atomic E-state index is 5.52. The molecule has 0 aliphatic rings. The first-order chi connectivity index (χ1) is 7.18. The molecule has 0 bridgehead atoms. The van der Waals surface area contributed by atoms with Crippen molar-refractivity contribution in [2.75, 3.05) is 37.9 Å². The molecule has 0 saturated heterocycles. The van der Waals surface area contributed by atoms with E-state index in [9.17, 15) is 0 Å². The molecular weight excluding hydrogens is 208 g/mol. The van der Waals surface area contributed by atoms with Gasteiger partial charge in [-0.25, -0.2) is 0 Å². The third kappa shape index (κ3) is 5.69. The van der Waals surface area contributed by atoms with Crippen LogP contribution in [-0.4, -0.2) is 46.8 Å². The number of aromatic nitrogens is 2. The zero-order valence-electron chi connectivity index (χ0n) is 9.52. The van der Waals surface area contributed by atoms with E-state index in [-0.39, 0.29) is 0 Å². The lowest BCUT2D eigenvalue weighted by Crippen LogP contribution is -2.15. The number of nitrogens with two attached hydrogens (primary N) is 1. The molecule has 0 unspecified atom stereocenters. The van der Waals surface area contributed by atoms with Crippen LogP contribution in [0.1, 0.15) is 6.42 Å². The second-order valence-electron chi connectivity index (χ2n) is 3.77. The predicted octanol–water partition coefficient (Wildman–Crippen LogP) is 1.15. The van der Waals surface area contributed by atoms with E-state index in [1.54, 1.807) is 0 Å². The quantitative estimate of drug-likeness (QED) is 0.711. The van der Waals surface area contributed by atoms with Gasteiger partial charge in [0.2, 0.25) is 0 Å². The number of anilines is 1. The van der Waals surface area contributed by atoms with Crippen LogP contribution in [-0.2, 0) is 6.54 Å². The van der Waals surface area contributed by atoms with E-state index in [0.717, 1.165) is 19.5 Å². The fraction of sp³-hybridized carbons (Fsp3) is 0.700. The Bertz CT molecular complexity index is 272. The van der Waals surface area contributed by atoms with Gasteiger partial charge in [0.05, 0.1) is 0 Å². The summed E-state index contributed by atoms with van der Waals surface area (Å²) < 4.78 is 1.90. The molecule has 0 saturated carbocycles. The van der Waals surface area contributed by atoms with Gasteiger partial charge in [0, 0.05) is 25.0 Å². The van der Waals surface area contributed by atoms with Crippen LogP contribution in [0, 0.1) is 0 Å². The molecular formula is C10H20N4S. The third-order valence-corrected chi connectivity index (χ3v) is 3.07. The fourth-order valence-corrected chi connectivity index (χ4v) is 2.21. The Morgan fingerprint density at radius 3 is 2.87 bits per heavy atom. The molecule has 2 N–H and O–H groups in total. The lowest BCUT2D eigenvalue weighted by molar-refractivity contribution is 0.437. The molecule has 0 spiro atoms. The Labute approximate surface area is 95.8 Å². The molecule has 1 rings (SSSR count).